The molecule has 0 radical (unpaired) electrons. The molecule has 24 heavy (non-hydrogen) atoms. The van der Waals surface area contributed by atoms with Crippen molar-refractivity contribution in [3.8, 4) is 17.2 Å². The van der Waals surface area contributed by atoms with Crippen LogP contribution in [0.2, 0.25) is 0 Å². The van der Waals surface area contributed by atoms with E-state index in [9.17, 15) is 15.0 Å². The number of ether oxygens (including phenoxy) is 1. The zero-order chi connectivity index (χ0) is 18.1. The number of hydrogen-bond donors (Lipinski definition) is 2. The highest BCUT2D eigenvalue weighted by atomic mass is 16.5. The highest BCUT2D eigenvalue weighted by Gasteiger charge is 2.18. The standard InChI is InChI=1S/C20H28O4/c1-5-7-17(22)20-18(23)12-16(21)13-19(20)24-11-10-15(4)9-6-8-14(2)3/h8,10,12-13,21,23H,5-7,9,11H2,1-4H3. The zero-order valence-corrected chi connectivity index (χ0v) is 15.1. The highest BCUT2D eigenvalue weighted by molar-refractivity contribution is 6.01. The first-order valence-corrected chi connectivity index (χ1v) is 8.36. The molecule has 0 saturated carbocycles. The number of phenols is 2. The summed E-state index contributed by atoms with van der Waals surface area (Å²) in [5, 5.41) is 19.6. The molecule has 0 spiro atoms. The lowest BCUT2D eigenvalue weighted by molar-refractivity contribution is 0.0975. The van der Waals surface area contributed by atoms with Crippen LogP contribution in [0.25, 0.3) is 0 Å². The number of ketones is 1. The number of carbonyl (C=O) groups excluding carboxylic acids is 1. The fourth-order valence-corrected chi connectivity index (χ4v) is 2.30. The average molecular weight is 332 g/mol. The Morgan fingerprint density at radius 3 is 2.46 bits per heavy atom. The third kappa shape index (κ3) is 6.49. The fraction of sp³-hybridized carbons (Fsp3) is 0.450. The van der Waals surface area contributed by atoms with Crippen molar-refractivity contribution >= 4 is 5.78 Å². The zero-order valence-electron chi connectivity index (χ0n) is 15.1. The summed E-state index contributed by atoms with van der Waals surface area (Å²) in [5.74, 6) is -0.332. The van der Waals surface area contributed by atoms with E-state index in [1.54, 1.807) is 0 Å². The van der Waals surface area contributed by atoms with Gasteiger partial charge in [-0.15, -0.1) is 0 Å². The van der Waals surface area contributed by atoms with E-state index in [-0.39, 0.29) is 35.2 Å². The van der Waals surface area contributed by atoms with Crippen molar-refractivity contribution in [3.05, 3.63) is 41.0 Å². The van der Waals surface area contributed by atoms with Crippen LogP contribution < -0.4 is 4.74 Å². The SMILES string of the molecule is CCCC(=O)c1c(O)cc(O)cc1OCC=C(C)CCC=C(C)C. The number of carbonyl (C=O) groups is 1. The van der Waals surface area contributed by atoms with Gasteiger partial charge in [0.15, 0.2) is 5.78 Å². The maximum atomic E-state index is 12.2. The van der Waals surface area contributed by atoms with E-state index < -0.39 is 0 Å². The molecule has 0 atom stereocenters. The van der Waals surface area contributed by atoms with Gasteiger partial charge in [0.05, 0.1) is 0 Å². The molecule has 4 nitrogen and oxygen atoms in total. The Hall–Kier alpha value is -2.23. The summed E-state index contributed by atoms with van der Waals surface area (Å²) in [6.07, 6.45) is 7.08. The molecule has 0 aliphatic rings. The van der Waals surface area contributed by atoms with E-state index >= 15 is 0 Å². The quantitative estimate of drug-likeness (QED) is 0.484. The summed E-state index contributed by atoms with van der Waals surface area (Å²) in [7, 11) is 0. The first-order chi connectivity index (χ1) is 11.3. The Bertz CT molecular complexity index is 623. The second-order valence-electron chi connectivity index (χ2n) is 6.19. The second-order valence-corrected chi connectivity index (χ2v) is 6.19. The van der Waals surface area contributed by atoms with E-state index in [1.165, 1.54) is 17.2 Å². The van der Waals surface area contributed by atoms with E-state index in [0.717, 1.165) is 18.9 Å². The number of allylic oxidation sites excluding steroid dienone is 3. The van der Waals surface area contributed by atoms with E-state index in [0.29, 0.717) is 12.8 Å². The van der Waals surface area contributed by atoms with Crippen molar-refractivity contribution in [3.63, 3.8) is 0 Å². The first kappa shape index (κ1) is 19.8. The van der Waals surface area contributed by atoms with Crippen LogP contribution in [0.5, 0.6) is 17.2 Å². The van der Waals surface area contributed by atoms with Gasteiger partial charge in [-0.25, -0.2) is 0 Å². The monoisotopic (exact) mass is 332 g/mol. The lowest BCUT2D eigenvalue weighted by Gasteiger charge is -2.12. The Balaban J connectivity index is 2.80. The number of benzene rings is 1. The van der Waals surface area contributed by atoms with Crippen LogP contribution in [0.15, 0.2) is 35.4 Å². The Labute approximate surface area is 144 Å². The van der Waals surface area contributed by atoms with Gasteiger partial charge in [0, 0.05) is 18.6 Å². The maximum absolute atomic E-state index is 12.2. The third-order valence-electron chi connectivity index (χ3n) is 3.58. The van der Waals surface area contributed by atoms with Gasteiger partial charge >= 0.3 is 0 Å². The van der Waals surface area contributed by atoms with Crippen LogP contribution in [-0.2, 0) is 0 Å². The number of aromatic hydroxyl groups is 2. The molecule has 2 N–H and O–H groups in total. The molecule has 0 heterocycles. The smallest absolute Gasteiger partial charge is 0.170 e. The van der Waals surface area contributed by atoms with Crippen molar-refractivity contribution in [1.29, 1.82) is 0 Å². The molecule has 0 bridgehead atoms. The molecule has 4 heteroatoms. The number of rotatable bonds is 9. The molecule has 0 aliphatic carbocycles. The van der Waals surface area contributed by atoms with Gasteiger partial charge < -0.3 is 14.9 Å². The highest BCUT2D eigenvalue weighted by Crippen LogP contribution is 2.34. The molecular weight excluding hydrogens is 304 g/mol. The van der Waals surface area contributed by atoms with Crippen LogP contribution in [-0.4, -0.2) is 22.6 Å². The summed E-state index contributed by atoms with van der Waals surface area (Å²) in [6, 6.07) is 2.53. The lowest BCUT2D eigenvalue weighted by Crippen LogP contribution is -2.05. The Kier molecular flexibility index (Phi) is 8.10. The van der Waals surface area contributed by atoms with Crippen LogP contribution >= 0.6 is 0 Å². The van der Waals surface area contributed by atoms with Gasteiger partial charge in [-0.3, -0.25) is 4.79 Å². The first-order valence-electron chi connectivity index (χ1n) is 8.36. The van der Waals surface area contributed by atoms with Gasteiger partial charge in [-0.1, -0.05) is 24.1 Å². The number of Topliss-reactive ketones (excluding diaryl/α,β-unsaturated/α-hetero) is 1. The predicted molar refractivity (Wildman–Crippen MR) is 96.9 cm³/mol. The van der Waals surface area contributed by atoms with Crippen molar-refractivity contribution in [2.45, 2.75) is 53.4 Å². The molecule has 0 saturated heterocycles. The van der Waals surface area contributed by atoms with Crippen LogP contribution in [0.4, 0.5) is 0 Å². The minimum Gasteiger partial charge on any atom is -0.508 e. The largest absolute Gasteiger partial charge is 0.508 e. The molecular formula is C20H28O4. The van der Waals surface area contributed by atoms with Crippen LogP contribution in [0, 0.1) is 0 Å². The lowest BCUT2D eigenvalue weighted by atomic mass is 10.0. The second kappa shape index (κ2) is 9.81. The van der Waals surface area contributed by atoms with E-state index in [4.69, 9.17) is 4.74 Å². The molecule has 0 aliphatic heterocycles. The topological polar surface area (TPSA) is 66.8 Å². The summed E-state index contributed by atoms with van der Waals surface area (Å²) in [6.45, 7) is 8.37. The maximum Gasteiger partial charge on any atom is 0.170 e. The summed E-state index contributed by atoms with van der Waals surface area (Å²) in [4.78, 5) is 12.2. The summed E-state index contributed by atoms with van der Waals surface area (Å²) in [5.41, 5.74) is 2.64. The average Bonchev–Trinajstić information content (AvgIpc) is 2.46. The number of phenolic OH excluding ortho intramolecular Hbond substituents is 2. The van der Waals surface area contributed by atoms with E-state index in [1.807, 2.05) is 19.9 Å². The molecule has 0 fully saturated rings. The molecule has 1 rings (SSSR count). The van der Waals surface area contributed by atoms with Crippen LogP contribution in [0.1, 0.15) is 63.7 Å². The number of hydrogen-bond acceptors (Lipinski definition) is 4. The van der Waals surface area contributed by atoms with Crippen LogP contribution in [0.3, 0.4) is 0 Å². The van der Waals surface area contributed by atoms with Crippen molar-refractivity contribution < 1.29 is 19.7 Å². The predicted octanol–water partition coefficient (Wildman–Crippen LogP) is 5.15. The molecule has 0 amide bonds. The van der Waals surface area contributed by atoms with E-state index in [2.05, 4.69) is 19.9 Å². The van der Waals surface area contributed by atoms with Gasteiger partial charge in [0.1, 0.15) is 29.4 Å². The summed E-state index contributed by atoms with van der Waals surface area (Å²) >= 11 is 0. The van der Waals surface area contributed by atoms with Crippen molar-refractivity contribution in [2.24, 2.45) is 0 Å². The fourth-order valence-electron chi connectivity index (χ4n) is 2.30. The van der Waals surface area contributed by atoms with Gasteiger partial charge in [-0.2, -0.15) is 0 Å². The minimum atomic E-state index is -0.243. The Morgan fingerprint density at radius 1 is 1.12 bits per heavy atom. The normalized spacial score (nSPS) is 11.2. The summed E-state index contributed by atoms with van der Waals surface area (Å²) < 4.78 is 5.63. The molecule has 1 aromatic rings. The Morgan fingerprint density at radius 2 is 1.83 bits per heavy atom. The van der Waals surface area contributed by atoms with Crippen molar-refractivity contribution in [1.82, 2.24) is 0 Å². The minimum absolute atomic E-state index is 0.125. The van der Waals surface area contributed by atoms with Gasteiger partial charge in [0.25, 0.3) is 0 Å². The molecule has 0 aromatic heterocycles. The van der Waals surface area contributed by atoms with Crippen molar-refractivity contribution in [2.75, 3.05) is 6.61 Å². The van der Waals surface area contributed by atoms with Gasteiger partial charge in [0.2, 0.25) is 0 Å². The molecule has 0 unspecified atom stereocenters. The molecule has 1 aromatic carbocycles. The van der Waals surface area contributed by atoms with Gasteiger partial charge in [-0.05, 0) is 46.1 Å². The molecule has 132 valence electrons. The third-order valence-corrected chi connectivity index (χ3v) is 3.58.